The summed E-state index contributed by atoms with van der Waals surface area (Å²) in [5.41, 5.74) is 1.28. The largest absolute Gasteiger partial charge is 0.339 e. The molecule has 0 aliphatic rings. The van der Waals surface area contributed by atoms with Gasteiger partial charge in [-0.2, -0.15) is 0 Å². The summed E-state index contributed by atoms with van der Waals surface area (Å²) in [6.07, 6.45) is 0. The maximum Gasteiger partial charge on any atom is 0.262 e. The molecule has 0 saturated heterocycles. The Morgan fingerprint density at radius 1 is 1.03 bits per heavy atom. The number of hydrogen-bond donors (Lipinski definition) is 0. The average Bonchev–Trinajstić information content (AvgIpc) is 2.80. The van der Waals surface area contributed by atoms with E-state index in [-0.39, 0.29) is 23.0 Å². The number of fused-ring (bicyclic) bond motifs is 1. The number of amides is 1. The van der Waals surface area contributed by atoms with Gasteiger partial charge in [0.2, 0.25) is 0 Å². The molecule has 0 atom stereocenters. The van der Waals surface area contributed by atoms with Gasteiger partial charge in [-0.3, -0.25) is 19.0 Å². The molecule has 0 unspecified atom stereocenters. The van der Waals surface area contributed by atoms with Crippen molar-refractivity contribution >= 4 is 34.4 Å². The lowest BCUT2D eigenvalue weighted by molar-refractivity contribution is -0.123. The van der Waals surface area contributed by atoms with E-state index in [2.05, 4.69) is 0 Å². The quantitative estimate of drug-likeness (QED) is 0.358. The van der Waals surface area contributed by atoms with Crippen LogP contribution in [0.2, 0.25) is 0 Å². The molecule has 1 heterocycles. The highest BCUT2D eigenvalue weighted by atomic mass is 32.2. The molecule has 2 aromatic carbocycles. The highest BCUT2D eigenvalue weighted by Gasteiger charge is 2.23. The average molecular weight is 466 g/mol. The van der Waals surface area contributed by atoms with Gasteiger partial charge < -0.3 is 4.90 Å². The monoisotopic (exact) mass is 465 g/mol. The van der Waals surface area contributed by atoms with Gasteiger partial charge in [-0.1, -0.05) is 62.9 Å². The van der Waals surface area contributed by atoms with Gasteiger partial charge in [-0.25, -0.2) is 4.98 Å². The van der Waals surface area contributed by atoms with Crippen LogP contribution in [0, 0.1) is 5.41 Å². The van der Waals surface area contributed by atoms with E-state index < -0.39 is 5.41 Å². The summed E-state index contributed by atoms with van der Waals surface area (Å²) < 4.78 is 1.62. The standard InChI is InChI=1S/C26H31N3O3S/c1-6-28(7-2)23(31)19-13-14-20-21(15-19)27-25(33-17-22(30)26(3,4)5)29(24(20)32)16-18-11-9-8-10-12-18/h8-15H,6-7,16-17H2,1-5H3. The number of carbonyl (C=O) groups is 2. The fraction of sp³-hybridized carbons (Fsp3) is 0.385. The molecule has 0 saturated carbocycles. The molecule has 3 rings (SSSR count). The van der Waals surface area contributed by atoms with E-state index in [0.29, 0.717) is 41.3 Å². The SMILES string of the molecule is CCN(CC)C(=O)c1ccc2c(=O)n(Cc3ccccc3)c(SCC(=O)C(C)(C)C)nc2c1. The van der Waals surface area contributed by atoms with E-state index in [4.69, 9.17) is 4.98 Å². The Hall–Kier alpha value is -2.93. The maximum absolute atomic E-state index is 13.5. The number of aromatic nitrogens is 2. The van der Waals surface area contributed by atoms with Gasteiger partial charge in [-0.05, 0) is 37.6 Å². The molecule has 0 radical (unpaired) electrons. The Balaban J connectivity index is 2.09. The molecule has 0 N–H and O–H groups in total. The second-order valence-corrected chi connectivity index (χ2v) is 9.88. The van der Waals surface area contributed by atoms with Gasteiger partial charge >= 0.3 is 0 Å². The normalized spacial score (nSPS) is 11.5. The zero-order valence-electron chi connectivity index (χ0n) is 19.9. The van der Waals surface area contributed by atoms with Gasteiger partial charge in [0.05, 0.1) is 23.2 Å². The summed E-state index contributed by atoms with van der Waals surface area (Å²) in [5.74, 6) is 0.210. The summed E-state index contributed by atoms with van der Waals surface area (Å²) in [4.78, 5) is 45.3. The summed E-state index contributed by atoms with van der Waals surface area (Å²) in [7, 11) is 0. The fourth-order valence-electron chi connectivity index (χ4n) is 3.39. The Kier molecular flexibility index (Phi) is 7.74. The molecule has 0 spiro atoms. The molecule has 1 aromatic heterocycles. The summed E-state index contributed by atoms with van der Waals surface area (Å²) in [6.45, 7) is 11.1. The molecule has 0 aliphatic carbocycles. The molecule has 0 bridgehead atoms. The number of Topliss-reactive ketones (excluding diaryl/α,β-unsaturated/α-hetero) is 1. The van der Waals surface area contributed by atoms with Gasteiger partial charge in [0.1, 0.15) is 5.78 Å². The molecule has 174 valence electrons. The van der Waals surface area contributed by atoms with Crippen LogP contribution >= 0.6 is 11.8 Å². The molecular weight excluding hydrogens is 434 g/mol. The van der Waals surface area contributed by atoms with Gasteiger partial charge in [0.25, 0.3) is 11.5 Å². The van der Waals surface area contributed by atoms with Crippen LogP contribution in [0.4, 0.5) is 0 Å². The summed E-state index contributed by atoms with van der Waals surface area (Å²) >= 11 is 1.27. The minimum absolute atomic E-state index is 0.0820. The molecule has 3 aromatic rings. The smallest absolute Gasteiger partial charge is 0.262 e. The van der Waals surface area contributed by atoms with E-state index in [1.807, 2.05) is 65.0 Å². The highest BCUT2D eigenvalue weighted by molar-refractivity contribution is 7.99. The number of carbonyl (C=O) groups excluding carboxylic acids is 2. The molecular formula is C26H31N3O3S. The lowest BCUT2D eigenvalue weighted by Crippen LogP contribution is -2.30. The predicted octanol–water partition coefficient (Wildman–Crippen LogP) is 4.63. The van der Waals surface area contributed by atoms with Crippen LogP contribution in [0.5, 0.6) is 0 Å². The van der Waals surface area contributed by atoms with E-state index in [0.717, 1.165) is 5.56 Å². The van der Waals surface area contributed by atoms with Crippen LogP contribution in [0.1, 0.15) is 50.5 Å². The van der Waals surface area contributed by atoms with Gasteiger partial charge in [-0.15, -0.1) is 0 Å². The zero-order valence-corrected chi connectivity index (χ0v) is 20.7. The van der Waals surface area contributed by atoms with Crippen molar-refractivity contribution in [1.29, 1.82) is 0 Å². The predicted molar refractivity (Wildman–Crippen MR) is 134 cm³/mol. The van der Waals surface area contributed by atoms with Crippen molar-refractivity contribution in [3.05, 3.63) is 70.0 Å². The number of benzene rings is 2. The molecule has 33 heavy (non-hydrogen) atoms. The minimum Gasteiger partial charge on any atom is -0.339 e. The van der Waals surface area contributed by atoms with Crippen LogP contribution in [0.25, 0.3) is 10.9 Å². The fourth-order valence-corrected chi connectivity index (χ4v) is 4.55. The Morgan fingerprint density at radius 2 is 1.70 bits per heavy atom. The van der Waals surface area contributed by atoms with Crippen LogP contribution in [0.15, 0.2) is 58.5 Å². The topological polar surface area (TPSA) is 72.3 Å². The second kappa shape index (κ2) is 10.3. The number of thioether (sulfide) groups is 1. The van der Waals surface area contributed by atoms with Crippen LogP contribution in [-0.4, -0.2) is 45.0 Å². The maximum atomic E-state index is 13.5. The third-order valence-corrected chi connectivity index (χ3v) is 6.55. The van der Waals surface area contributed by atoms with Crippen molar-refractivity contribution < 1.29 is 9.59 Å². The third-order valence-electron chi connectivity index (χ3n) is 5.57. The molecule has 0 fully saturated rings. The van der Waals surface area contributed by atoms with E-state index in [1.54, 1.807) is 27.7 Å². The number of rotatable bonds is 8. The lowest BCUT2D eigenvalue weighted by Gasteiger charge is -2.19. The van der Waals surface area contributed by atoms with Gasteiger partial charge in [0.15, 0.2) is 5.16 Å². The van der Waals surface area contributed by atoms with Crippen LogP contribution < -0.4 is 5.56 Å². The number of nitrogens with zero attached hydrogens (tertiary/aromatic N) is 3. The first-order chi connectivity index (χ1) is 15.7. The molecule has 1 amide bonds. The first-order valence-electron chi connectivity index (χ1n) is 11.2. The van der Waals surface area contributed by atoms with E-state index in [1.165, 1.54) is 11.8 Å². The Labute approximate surface area is 199 Å². The summed E-state index contributed by atoms with van der Waals surface area (Å²) in [5, 5.41) is 0.926. The third kappa shape index (κ3) is 5.71. The Bertz CT molecular complexity index is 1210. The number of ketones is 1. The zero-order chi connectivity index (χ0) is 24.2. The van der Waals surface area contributed by atoms with E-state index in [9.17, 15) is 14.4 Å². The van der Waals surface area contributed by atoms with Crippen molar-refractivity contribution in [3.8, 4) is 0 Å². The van der Waals surface area contributed by atoms with Crippen molar-refractivity contribution in [2.24, 2.45) is 5.41 Å². The lowest BCUT2D eigenvalue weighted by atomic mass is 9.92. The van der Waals surface area contributed by atoms with Crippen molar-refractivity contribution in [1.82, 2.24) is 14.5 Å². The van der Waals surface area contributed by atoms with Crippen LogP contribution in [-0.2, 0) is 11.3 Å². The second-order valence-electron chi connectivity index (χ2n) is 8.94. The molecule has 6 nitrogen and oxygen atoms in total. The molecule has 0 aliphatic heterocycles. The Morgan fingerprint density at radius 3 is 2.30 bits per heavy atom. The highest BCUT2D eigenvalue weighted by Crippen LogP contribution is 2.24. The molecule has 7 heteroatoms. The number of hydrogen-bond acceptors (Lipinski definition) is 5. The van der Waals surface area contributed by atoms with Gasteiger partial charge in [0, 0.05) is 24.1 Å². The van der Waals surface area contributed by atoms with Crippen molar-refractivity contribution in [2.45, 2.75) is 46.3 Å². The first kappa shape index (κ1) is 24.7. The first-order valence-corrected chi connectivity index (χ1v) is 12.2. The minimum atomic E-state index is -0.474. The van der Waals surface area contributed by atoms with Crippen molar-refractivity contribution in [2.75, 3.05) is 18.8 Å². The summed E-state index contributed by atoms with van der Waals surface area (Å²) in [6, 6.07) is 14.7. The van der Waals surface area contributed by atoms with Crippen LogP contribution in [0.3, 0.4) is 0 Å². The van der Waals surface area contributed by atoms with Crippen molar-refractivity contribution in [3.63, 3.8) is 0 Å². The van der Waals surface area contributed by atoms with E-state index >= 15 is 0 Å².